The van der Waals surface area contributed by atoms with Crippen molar-refractivity contribution in [3.8, 4) is 5.69 Å². The second kappa shape index (κ2) is 5.29. The zero-order chi connectivity index (χ0) is 15.7. The van der Waals surface area contributed by atoms with Crippen molar-refractivity contribution in [2.45, 2.75) is 33.2 Å². The highest BCUT2D eigenvalue weighted by Gasteiger charge is 2.40. The molecule has 21 heavy (non-hydrogen) atoms. The predicted octanol–water partition coefficient (Wildman–Crippen LogP) is 1.97. The van der Waals surface area contributed by atoms with Crippen LogP contribution in [0.15, 0.2) is 36.7 Å². The molecule has 6 nitrogen and oxygen atoms in total. The van der Waals surface area contributed by atoms with E-state index in [1.807, 2.05) is 52.0 Å². The van der Waals surface area contributed by atoms with E-state index in [1.54, 1.807) is 17.1 Å². The minimum Gasteiger partial charge on any atom is -0.325 e. The molecule has 2 rings (SSSR count). The molecular formula is C15H21N5O. The fourth-order valence-corrected chi connectivity index (χ4v) is 1.69. The van der Waals surface area contributed by atoms with Crippen molar-refractivity contribution in [3.05, 3.63) is 36.7 Å². The second-order valence-electron chi connectivity index (χ2n) is 6.17. The number of aromatic nitrogens is 3. The van der Waals surface area contributed by atoms with Gasteiger partial charge in [0.15, 0.2) is 0 Å². The number of amides is 1. The molecule has 0 atom stereocenters. The standard InChI is InChI=1S/C15H21N5O/c1-14(2,15(3,4)16)13(21)18-11-7-5-6-8-12(11)20-10-9-17-19-20/h5-10H,16H2,1-4H3,(H,18,21). The summed E-state index contributed by atoms with van der Waals surface area (Å²) in [6, 6.07) is 7.43. The lowest BCUT2D eigenvalue weighted by molar-refractivity contribution is -0.126. The molecule has 1 heterocycles. The lowest BCUT2D eigenvalue weighted by Crippen LogP contribution is -2.53. The van der Waals surface area contributed by atoms with Crippen LogP contribution < -0.4 is 11.1 Å². The van der Waals surface area contributed by atoms with Crippen molar-refractivity contribution in [3.63, 3.8) is 0 Å². The minimum absolute atomic E-state index is 0.137. The van der Waals surface area contributed by atoms with E-state index in [0.29, 0.717) is 5.69 Å². The van der Waals surface area contributed by atoms with Gasteiger partial charge in [0.1, 0.15) is 0 Å². The molecular weight excluding hydrogens is 266 g/mol. The Labute approximate surface area is 124 Å². The van der Waals surface area contributed by atoms with E-state index in [9.17, 15) is 4.79 Å². The van der Waals surface area contributed by atoms with Crippen molar-refractivity contribution < 1.29 is 4.79 Å². The average Bonchev–Trinajstić information content (AvgIpc) is 2.91. The van der Waals surface area contributed by atoms with Gasteiger partial charge < -0.3 is 11.1 Å². The summed E-state index contributed by atoms with van der Waals surface area (Å²) in [4.78, 5) is 12.6. The first-order valence-corrected chi connectivity index (χ1v) is 6.79. The van der Waals surface area contributed by atoms with Crippen LogP contribution in [0.3, 0.4) is 0 Å². The first-order valence-electron chi connectivity index (χ1n) is 6.79. The van der Waals surface area contributed by atoms with Crippen LogP contribution in [-0.2, 0) is 4.79 Å². The van der Waals surface area contributed by atoms with E-state index >= 15 is 0 Å². The number of nitrogens with two attached hydrogens (primary N) is 1. The molecule has 0 aliphatic rings. The summed E-state index contributed by atoms with van der Waals surface area (Å²) in [7, 11) is 0. The van der Waals surface area contributed by atoms with Gasteiger partial charge in [-0.2, -0.15) is 0 Å². The van der Waals surface area contributed by atoms with Gasteiger partial charge >= 0.3 is 0 Å². The molecule has 3 N–H and O–H groups in total. The van der Waals surface area contributed by atoms with Crippen LogP contribution in [0, 0.1) is 5.41 Å². The van der Waals surface area contributed by atoms with E-state index < -0.39 is 11.0 Å². The molecule has 0 unspecified atom stereocenters. The maximum Gasteiger partial charge on any atom is 0.231 e. The van der Waals surface area contributed by atoms with Gasteiger partial charge in [-0.1, -0.05) is 17.3 Å². The van der Waals surface area contributed by atoms with Crippen molar-refractivity contribution in [2.24, 2.45) is 11.1 Å². The monoisotopic (exact) mass is 287 g/mol. The quantitative estimate of drug-likeness (QED) is 0.900. The van der Waals surface area contributed by atoms with Gasteiger partial charge in [-0.3, -0.25) is 4.79 Å². The summed E-state index contributed by atoms with van der Waals surface area (Å²) < 4.78 is 1.61. The molecule has 1 aromatic heterocycles. The summed E-state index contributed by atoms with van der Waals surface area (Å²) >= 11 is 0. The van der Waals surface area contributed by atoms with Gasteiger partial charge in [0.25, 0.3) is 0 Å². The topological polar surface area (TPSA) is 85.8 Å². The van der Waals surface area contributed by atoms with Crippen LogP contribution >= 0.6 is 0 Å². The normalized spacial score (nSPS) is 12.2. The average molecular weight is 287 g/mol. The van der Waals surface area contributed by atoms with E-state index in [1.165, 1.54) is 0 Å². The number of anilines is 1. The van der Waals surface area contributed by atoms with Crippen molar-refractivity contribution in [2.75, 3.05) is 5.32 Å². The van der Waals surface area contributed by atoms with Gasteiger partial charge in [-0.15, -0.1) is 5.10 Å². The predicted molar refractivity (Wildman–Crippen MR) is 82.0 cm³/mol. The van der Waals surface area contributed by atoms with Crippen molar-refractivity contribution in [1.29, 1.82) is 0 Å². The van der Waals surface area contributed by atoms with Gasteiger partial charge in [-0.25, -0.2) is 4.68 Å². The molecule has 2 aromatic rings. The molecule has 0 spiro atoms. The molecule has 0 saturated carbocycles. The Bertz CT molecular complexity index is 626. The Morgan fingerprint density at radius 1 is 1.24 bits per heavy atom. The number of nitrogens with one attached hydrogen (secondary N) is 1. The minimum atomic E-state index is -0.720. The highest BCUT2D eigenvalue weighted by atomic mass is 16.2. The molecule has 0 saturated heterocycles. The number of nitrogens with zero attached hydrogens (tertiary/aromatic N) is 3. The fourth-order valence-electron chi connectivity index (χ4n) is 1.69. The highest BCUT2D eigenvalue weighted by Crippen LogP contribution is 2.30. The van der Waals surface area contributed by atoms with Gasteiger partial charge in [0.2, 0.25) is 5.91 Å². The lowest BCUT2D eigenvalue weighted by atomic mass is 9.74. The highest BCUT2D eigenvalue weighted by molar-refractivity contribution is 5.97. The van der Waals surface area contributed by atoms with Gasteiger partial charge in [0, 0.05) is 5.54 Å². The zero-order valence-corrected chi connectivity index (χ0v) is 12.8. The van der Waals surface area contributed by atoms with Crippen LogP contribution in [0.1, 0.15) is 27.7 Å². The van der Waals surface area contributed by atoms with Gasteiger partial charge in [-0.05, 0) is 39.8 Å². The fraction of sp³-hybridized carbons (Fsp3) is 0.400. The third kappa shape index (κ3) is 2.95. The van der Waals surface area contributed by atoms with E-state index in [4.69, 9.17) is 5.73 Å². The van der Waals surface area contributed by atoms with Crippen LogP contribution in [0.4, 0.5) is 5.69 Å². The lowest BCUT2D eigenvalue weighted by Gasteiger charge is -2.37. The largest absolute Gasteiger partial charge is 0.325 e. The summed E-state index contributed by atoms with van der Waals surface area (Å²) in [6.45, 7) is 7.35. The molecule has 1 aromatic carbocycles. The van der Waals surface area contributed by atoms with E-state index in [-0.39, 0.29) is 5.91 Å². The second-order valence-corrected chi connectivity index (χ2v) is 6.17. The summed E-state index contributed by atoms with van der Waals surface area (Å²) in [5, 5.41) is 10.7. The summed E-state index contributed by atoms with van der Waals surface area (Å²) in [5.74, 6) is -0.137. The van der Waals surface area contributed by atoms with Crippen molar-refractivity contribution in [1.82, 2.24) is 15.0 Å². The smallest absolute Gasteiger partial charge is 0.231 e. The van der Waals surface area contributed by atoms with E-state index in [0.717, 1.165) is 5.69 Å². The van der Waals surface area contributed by atoms with Crippen LogP contribution in [0.25, 0.3) is 5.69 Å². The first-order chi connectivity index (χ1) is 9.73. The number of hydrogen-bond acceptors (Lipinski definition) is 4. The summed E-state index contributed by atoms with van der Waals surface area (Å²) in [6.07, 6.45) is 3.31. The molecule has 112 valence electrons. The number of carbonyl (C=O) groups excluding carboxylic acids is 1. The zero-order valence-electron chi connectivity index (χ0n) is 12.8. The molecule has 0 fully saturated rings. The Kier molecular flexibility index (Phi) is 3.82. The van der Waals surface area contributed by atoms with Crippen LogP contribution in [-0.4, -0.2) is 26.4 Å². The first kappa shape index (κ1) is 15.2. The number of rotatable bonds is 4. The van der Waals surface area contributed by atoms with Crippen LogP contribution in [0.5, 0.6) is 0 Å². The molecule has 1 amide bonds. The van der Waals surface area contributed by atoms with Crippen molar-refractivity contribution >= 4 is 11.6 Å². The maximum atomic E-state index is 12.6. The third-order valence-electron chi connectivity index (χ3n) is 4.00. The Morgan fingerprint density at radius 3 is 2.48 bits per heavy atom. The maximum absolute atomic E-state index is 12.6. The molecule has 0 aliphatic carbocycles. The third-order valence-corrected chi connectivity index (χ3v) is 4.00. The SMILES string of the molecule is CC(C)(N)C(C)(C)C(=O)Nc1ccccc1-n1ccnn1. The van der Waals surface area contributed by atoms with Gasteiger partial charge in [0.05, 0.1) is 29.2 Å². The molecule has 6 heteroatoms. The molecule has 0 radical (unpaired) electrons. The Morgan fingerprint density at radius 2 is 1.90 bits per heavy atom. The van der Waals surface area contributed by atoms with E-state index in [2.05, 4.69) is 15.6 Å². The molecule has 0 aliphatic heterocycles. The number of carbonyl (C=O) groups is 1. The number of hydrogen-bond donors (Lipinski definition) is 2. The number of benzene rings is 1. The number of para-hydroxylation sites is 2. The Hall–Kier alpha value is -2.21. The Balaban J connectivity index is 2.31. The van der Waals surface area contributed by atoms with Crippen LogP contribution in [0.2, 0.25) is 0 Å². The summed E-state index contributed by atoms with van der Waals surface area (Å²) in [5.41, 5.74) is 6.18. The molecule has 0 bridgehead atoms.